The number of nitrogens with one attached hydrogen (secondary N) is 1. The van der Waals surface area contributed by atoms with E-state index in [4.69, 9.17) is 23.2 Å². The maximum absolute atomic E-state index is 12.3. The summed E-state index contributed by atoms with van der Waals surface area (Å²) in [5.41, 5.74) is 1.92. The van der Waals surface area contributed by atoms with Gasteiger partial charge in [0.2, 0.25) is 10.0 Å². The zero-order valence-corrected chi connectivity index (χ0v) is 18.1. The number of sulfonamides is 1. The highest BCUT2D eigenvalue weighted by Crippen LogP contribution is 2.24. The summed E-state index contributed by atoms with van der Waals surface area (Å²) < 4.78 is 24.4. The number of anilines is 1. The van der Waals surface area contributed by atoms with Crippen molar-refractivity contribution in [3.8, 4) is 0 Å². The summed E-state index contributed by atoms with van der Waals surface area (Å²) in [6.45, 7) is 0.497. The maximum atomic E-state index is 12.3. The number of halogens is 2. The van der Waals surface area contributed by atoms with Gasteiger partial charge >= 0.3 is 0 Å². The molecule has 5 nitrogen and oxygen atoms in total. The molecule has 0 heterocycles. The fourth-order valence-corrected chi connectivity index (χ4v) is 3.82. The van der Waals surface area contributed by atoms with E-state index in [0.717, 1.165) is 27.6 Å². The van der Waals surface area contributed by atoms with Crippen molar-refractivity contribution in [2.24, 2.45) is 0 Å². The topological polar surface area (TPSA) is 66.5 Å². The minimum absolute atomic E-state index is 0.242. The Bertz CT molecular complexity index is 921. The minimum Gasteiger partial charge on any atom is -0.351 e. The fourth-order valence-electron chi connectivity index (χ4n) is 2.19. The Labute approximate surface area is 174 Å². The number of amides is 1. The lowest BCUT2D eigenvalue weighted by Gasteiger charge is -2.17. The molecule has 0 atom stereocenters. The van der Waals surface area contributed by atoms with Gasteiger partial charge in [-0.1, -0.05) is 35.3 Å². The van der Waals surface area contributed by atoms with Crippen LogP contribution in [0.2, 0.25) is 10.0 Å². The quantitative estimate of drug-likeness (QED) is 0.620. The molecule has 2 aromatic carbocycles. The number of carbonyl (C=O) groups excluding carboxylic acids is 1. The van der Waals surface area contributed by atoms with Gasteiger partial charge in [0.05, 0.1) is 22.0 Å². The van der Waals surface area contributed by atoms with Gasteiger partial charge in [-0.3, -0.25) is 9.10 Å². The number of hydrogen-bond acceptors (Lipinski definition) is 4. The van der Waals surface area contributed by atoms with Gasteiger partial charge in [-0.2, -0.15) is 11.8 Å². The van der Waals surface area contributed by atoms with Gasteiger partial charge in [0.15, 0.2) is 0 Å². The van der Waals surface area contributed by atoms with Crippen LogP contribution in [0.3, 0.4) is 0 Å². The lowest BCUT2D eigenvalue weighted by molar-refractivity contribution is 0.0956. The van der Waals surface area contributed by atoms with E-state index in [1.807, 2.05) is 12.1 Å². The van der Waals surface area contributed by atoms with Crippen LogP contribution in [-0.2, 0) is 15.8 Å². The highest BCUT2D eigenvalue weighted by Gasteiger charge is 2.14. The molecule has 0 saturated carbocycles. The van der Waals surface area contributed by atoms with E-state index >= 15 is 0 Å². The Morgan fingerprint density at radius 1 is 1.15 bits per heavy atom. The van der Waals surface area contributed by atoms with Crippen LogP contribution in [0.1, 0.15) is 15.9 Å². The molecule has 0 aliphatic rings. The fraction of sp³-hybridized carbons (Fsp3) is 0.278. The van der Waals surface area contributed by atoms with Gasteiger partial charge in [0.25, 0.3) is 5.91 Å². The SMILES string of the molecule is CN(c1cccc(C(=O)NCCSCc2ccc(Cl)c(Cl)c2)c1)S(C)(=O)=O. The van der Waals surface area contributed by atoms with Crippen molar-refractivity contribution in [3.63, 3.8) is 0 Å². The molecule has 146 valence electrons. The van der Waals surface area contributed by atoms with Gasteiger partial charge < -0.3 is 5.32 Å². The molecule has 0 saturated heterocycles. The molecule has 0 aliphatic heterocycles. The minimum atomic E-state index is -3.37. The predicted octanol–water partition coefficient (Wildman–Crippen LogP) is 4.05. The summed E-state index contributed by atoms with van der Waals surface area (Å²) in [7, 11) is -1.92. The Morgan fingerprint density at radius 3 is 2.56 bits per heavy atom. The molecule has 0 spiro atoms. The third-order valence-corrected chi connectivity index (χ3v) is 6.73. The average Bonchev–Trinajstić information content (AvgIpc) is 2.63. The first-order chi connectivity index (χ1) is 12.7. The molecule has 27 heavy (non-hydrogen) atoms. The molecule has 0 aromatic heterocycles. The first-order valence-corrected chi connectivity index (χ1v) is 11.8. The van der Waals surface area contributed by atoms with Gasteiger partial charge in [-0.05, 0) is 35.9 Å². The van der Waals surface area contributed by atoms with Crippen LogP contribution in [0.25, 0.3) is 0 Å². The highest BCUT2D eigenvalue weighted by atomic mass is 35.5. The summed E-state index contributed by atoms with van der Waals surface area (Å²) >= 11 is 13.5. The van der Waals surface area contributed by atoms with E-state index in [0.29, 0.717) is 27.8 Å². The normalized spacial score (nSPS) is 11.3. The van der Waals surface area contributed by atoms with Gasteiger partial charge in [0.1, 0.15) is 0 Å². The third kappa shape index (κ3) is 6.60. The van der Waals surface area contributed by atoms with E-state index in [-0.39, 0.29) is 5.91 Å². The highest BCUT2D eigenvalue weighted by molar-refractivity contribution is 7.98. The van der Waals surface area contributed by atoms with Crippen LogP contribution in [0.15, 0.2) is 42.5 Å². The van der Waals surface area contributed by atoms with E-state index in [1.165, 1.54) is 7.05 Å². The number of thioether (sulfide) groups is 1. The van der Waals surface area contributed by atoms with Crippen LogP contribution >= 0.6 is 35.0 Å². The first-order valence-electron chi connectivity index (χ1n) is 8.02. The van der Waals surface area contributed by atoms with Crippen LogP contribution in [0, 0.1) is 0 Å². The van der Waals surface area contributed by atoms with Gasteiger partial charge in [-0.25, -0.2) is 8.42 Å². The van der Waals surface area contributed by atoms with Crippen LogP contribution in [-0.4, -0.2) is 39.9 Å². The van der Waals surface area contributed by atoms with Crippen molar-refractivity contribution in [1.29, 1.82) is 0 Å². The molecule has 0 bridgehead atoms. The van der Waals surface area contributed by atoms with E-state index < -0.39 is 10.0 Å². The maximum Gasteiger partial charge on any atom is 0.251 e. The molecular formula is C18H20Cl2N2O3S2. The number of rotatable bonds is 8. The van der Waals surface area contributed by atoms with Crippen LogP contribution in [0.5, 0.6) is 0 Å². The van der Waals surface area contributed by atoms with Crippen molar-refractivity contribution >= 4 is 56.6 Å². The summed E-state index contributed by atoms with van der Waals surface area (Å²) in [5, 5.41) is 3.89. The van der Waals surface area contributed by atoms with Crippen molar-refractivity contribution in [1.82, 2.24) is 5.32 Å². The Kier molecular flexibility index (Phi) is 7.85. The molecular weight excluding hydrogens is 427 g/mol. The van der Waals surface area contributed by atoms with Gasteiger partial charge in [-0.15, -0.1) is 0 Å². The van der Waals surface area contributed by atoms with E-state index in [9.17, 15) is 13.2 Å². The number of hydrogen-bond donors (Lipinski definition) is 1. The second-order valence-corrected chi connectivity index (χ2v) is 9.77. The summed E-state index contributed by atoms with van der Waals surface area (Å²) in [5.74, 6) is 1.25. The van der Waals surface area contributed by atoms with E-state index in [1.54, 1.807) is 42.1 Å². The zero-order valence-electron chi connectivity index (χ0n) is 14.9. The predicted molar refractivity (Wildman–Crippen MR) is 115 cm³/mol. The lowest BCUT2D eigenvalue weighted by atomic mass is 10.2. The molecule has 0 radical (unpaired) electrons. The molecule has 1 amide bonds. The van der Waals surface area contributed by atoms with Crippen LogP contribution < -0.4 is 9.62 Å². The summed E-state index contributed by atoms with van der Waals surface area (Å²) in [6, 6.07) is 12.0. The number of benzene rings is 2. The number of nitrogens with zero attached hydrogens (tertiary/aromatic N) is 1. The Balaban J connectivity index is 1.83. The molecule has 0 unspecified atom stereocenters. The van der Waals surface area contributed by atoms with Crippen molar-refractivity contribution in [2.75, 3.05) is 29.9 Å². The second kappa shape index (κ2) is 9.68. The van der Waals surface area contributed by atoms with Crippen molar-refractivity contribution in [3.05, 3.63) is 63.6 Å². The monoisotopic (exact) mass is 446 g/mol. The smallest absolute Gasteiger partial charge is 0.251 e. The van der Waals surface area contributed by atoms with E-state index in [2.05, 4.69) is 5.32 Å². The standard InChI is InChI=1S/C18H20Cl2N2O3S2/c1-22(27(2,24)25)15-5-3-4-14(11-15)18(23)21-8-9-26-12-13-6-7-16(19)17(20)10-13/h3-7,10-11H,8-9,12H2,1-2H3,(H,21,23). The lowest BCUT2D eigenvalue weighted by Crippen LogP contribution is -2.27. The number of carbonyl (C=O) groups is 1. The van der Waals surface area contributed by atoms with Crippen molar-refractivity contribution < 1.29 is 13.2 Å². The molecule has 2 aromatic rings. The Hall–Kier alpha value is -1.41. The molecule has 0 fully saturated rings. The second-order valence-electron chi connectivity index (χ2n) is 5.84. The molecule has 1 N–H and O–H groups in total. The first kappa shape index (κ1) is 21.9. The van der Waals surface area contributed by atoms with Gasteiger partial charge in [0, 0.05) is 30.7 Å². The van der Waals surface area contributed by atoms with Crippen LogP contribution in [0.4, 0.5) is 5.69 Å². The molecule has 9 heteroatoms. The van der Waals surface area contributed by atoms with Crippen molar-refractivity contribution in [2.45, 2.75) is 5.75 Å². The Morgan fingerprint density at radius 2 is 1.89 bits per heavy atom. The summed E-state index contributed by atoms with van der Waals surface area (Å²) in [6.07, 6.45) is 1.12. The third-order valence-electron chi connectivity index (χ3n) is 3.75. The largest absolute Gasteiger partial charge is 0.351 e. The zero-order chi connectivity index (χ0) is 20.0. The average molecular weight is 447 g/mol. The summed E-state index contributed by atoms with van der Waals surface area (Å²) in [4.78, 5) is 12.3. The molecule has 0 aliphatic carbocycles. The molecule has 2 rings (SSSR count).